The number of aromatic nitrogens is 1. The largest absolute Gasteiger partial charge is 0.360 e. The van der Waals surface area contributed by atoms with Crippen LogP contribution in [-0.4, -0.2) is 18.2 Å². The van der Waals surface area contributed by atoms with Gasteiger partial charge in [-0.25, -0.2) is 0 Å². The first-order valence-corrected chi connectivity index (χ1v) is 6.13. The molecule has 4 heteroatoms. The maximum Gasteiger partial charge on any atom is 0.148 e. The highest BCUT2D eigenvalue weighted by molar-refractivity contribution is 6.30. The zero-order valence-electron chi connectivity index (χ0n) is 9.32. The summed E-state index contributed by atoms with van der Waals surface area (Å²) in [6, 6.07) is 7.78. The molecule has 2 aromatic rings. The standard InChI is InChI=1S/C13H13ClN2O/c14-11-3-1-9(2-4-11)12-8-16-17-13(12)10-5-6-15-7-10/h1-4,8,10,15H,5-7H2. The van der Waals surface area contributed by atoms with E-state index in [0.29, 0.717) is 5.92 Å². The fourth-order valence-electron chi connectivity index (χ4n) is 2.27. The molecule has 1 saturated heterocycles. The smallest absolute Gasteiger partial charge is 0.148 e. The second-order valence-electron chi connectivity index (χ2n) is 4.30. The van der Waals surface area contributed by atoms with Crippen LogP contribution < -0.4 is 5.32 Å². The molecular weight excluding hydrogens is 236 g/mol. The molecule has 1 aromatic carbocycles. The average Bonchev–Trinajstić information content (AvgIpc) is 3.00. The molecule has 2 heterocycles. The topological polar surface area (TPSA) is 38.1 Å². The van der Waals surface area contributed by atoms with Gasteiger partial charge < -0.3 is 9.84 Å². The molecule has 0 radical (unpaired) electrons. The Morgan fingerprint density at radius 2 is 2.12 bits per heavy atom. The van der Waals surface area contributed by atoms with E-state index in [0.717, 1.165) is 41.4 Å². The molecule has 0 aliphatic carbocycles. The van der Waals surface area contributed by atoms with Crippen molar-refractivity contribution in [2.45, 2.75) is 12.3 Å². The fraction of sp³-hybridized carbons (Fsp3) is 0.308. The first-order chi connectivity index (χ1) is 8.34. The summed E-state index contributed by atoms with van der Waals surface area (Å²) in [5, 5.41) is 8.01. The summed E-state index contributed by atoms with van der Waals surface area (Å²) >= 11 is 5.89. The number of benzene rings is 1. The van der Waals surface area contributed by atoms with E-state index in [1.54, 1.807) is 6.20 Å². The third kappa shape index (κ3) is 2.08. The molecule has 3 rings (SSSR count). The second kappa shape index (κ2) is 4.51. The minimum Gasteiger partial charge on any atom is -0.360 e. The molecule has 17 heavy (non-hydrogen) atoms. The zero-order chi connectivity index (χ0) is 11.7. The lowest BCUT2D eigenvalue weighted by Crippen LogP contribution is -2.07. The van der Waals surface area contributed by atoms with E-state index in [4.69, 9.17) is 16.1 Å². The molecule has 1 aromatic heterocycles. The van der Waals surface area contributed by atoms with Crippen molar-refractivity contribution in [3.8, 4) is 11.1 Å². The van der Waals surface area contributed by atoms with Gasteiger partial charge in [0.1, 0.15) is 5.76 Å². The number of hydrogen-bond donors (Lipinski definition) is 1. The highest BCUT2D eigenvalue weighted by Crippen LogP contribution is 2.32. The molecule has 1 fully saturated rings. The molecular formula is C13H13ClN2O. The van der Waals surface area contributed by atoms with E-state index >= 15 is 0 Å². The summed E-state index contributed by atoms with van der Waals surface area (Å²) in [6.07, 6.45) is 2.90. The maximum absolute atomic E-state index is 5.89. The lowest BCUT2D eigenvalue weighted by atomic mass is 9.98. The lowest BCUT2D eigenvalue weighted by molar-refractivity contribution is 0.366. The zero-order valence-corrected chi connectivity index (χ0v) is 10.1. The Morgan fingerprint density at radius 3 is 2.82 bits per heavy atom. The van der Waals surface area contributed by atoms with Crippen LogP contribution in [0.5, 0.6) is 0 Å². The molecule has 0 bridgehead atoms. The van der Waals surface area contributed by atoms with Crippen molar-refractivity contribution in [1.29, 1.82) is 0 Å². The van der Waals surface area contributed by atoms with E-state index in [1.807, 2.05) is 24.3 Å². The first kappa shape index (κ1) is 10.8. The molecule has 1 unspecified atom stereocenters. The van der Waals surface area contributed by atoms with Gasteiger partial charge in [-0.2, -0.15) is 0 Å². The Morgan fingerprint density at radius 1 is 1.29 bits per heavy atom. The minimum absolute atomic E-state index is 0.433. The predicted molar refractivity (Wildman–Crippen MR) is 67.2 cm³/mol. The normalized spacial score (nSPS) is 19.7. The second-order valence-corrected chi connectivity index (χ2v) is 4.74. The summed E-state index contributed by atoms with van der Waals surface area (Å²) < 4.78 is 5.41. The summed E-state index contributed by atoms with van der Waals surface area (Å²) in [7, 11) is 0. The number of nitrogens with one attached hydrogen (secondary N) is 1. The Hall–Kier alpha value is -1.32. The Labute approximate surface area is 105 Å². The van der Waals surface area contributed by atoms with E-state index in [9.17, 15) is 0 Å². The van der Waals surface area contributed by atoms with Gasteiger partial charge in [0.2, 0.25) is 0 Å². The van der Waals surface area contributed by atoms with E-state index in [2.05, 4.69) is 10.5 Å². The van der Waals surface area contributed by atoms with Gasteiger partial charge in [0.25, 0.3) is 0 Å². The van der Waals surface area contributed by atoms with Crippen LogP contribution in [-0.2, 0) is 0 Å². The van der Waals surface area contributed by atoms with E-state index in [-0.39, 0.29) is 0 Å². The molecule has 0 amide bonds. The monoisotopic (exact) mass is 248 g/mol. The van der Waals surface area contributed by atoms with Gasteiger partial charge in [-0.15, -0.1) is 0 Å². The van der Waals surface area contributed by atoms with Crippen LogP contribution >= 0.6 is 11.6 Å². The van der Waals surface area contributed by atoms with Gasteiger partial charge in [0.05, 0.1) is 6.20 Å². The summed E-state index contributed by atoms with van der Waals surface area (Å²) in [6.45, 7) is 2.02. The van der Waals surface area contributed by atoms with Gasteiger partial charge in [0.15, 0.2) is 0 Å². The van der Waals surface area contributed by atoms with Crippen molar-refractivity contribution in [2.75, 3.05) is 13.1 Å². The highest BCUT2D eigenvalue weighted by Gasteiger charge is 2.24. The fourth-order valence-corrected chi connectivity index (χ4v) is 2.39. The third-order valence-electron chi connectivity index (χ3n) is 3.18. The van der Waals surface area contributed by atoms with Crippen LogP contribution in [0.4, 0.5) is 0 Å². The molecule has 88 valence electrons. The Bertz CT molecular complexity index is 500. The van der Waals surface area contributed by atoms with Crippen molar-refractivity contribution in [1.82, 2.24) is 10.5 Å². The predicted octanol–water partition coefficient (Wildman–Crippen LogP) is 3.07. The lowest BCUT2D eigenvalue weighted by Gasteiger charge is -2.06. The molecule has 1 aliphatic rings. The molecule has 1 aliphatic heterocycles. The molecule has 3 nitrogen and oxygen atoms in total. The number of rotatable bonds is 2. The Balaban J connectivity index is 1.97. The van der Waals surface area contributed by atoms with Crippen molar-refractivity contribution < 1.29 is 4.52 Å². The average molecular weight is 249 g/mol. The van der Waals surface area contributed by atoms with Gasteiger partial charge in [-0.3, -0.25) is 0 Å². The van der Waals surface area contributed by atoms with E-state index < -0.39 is 0 Å². The third-order valence-corrected chi connectivity index (χ3v) is 3.44. The minimum atomic E-state index is 0.433. The van der Waals surface area contributed by atoms with Gasteiger partial charge >= 0.3 is 0 Å². The van der Waals surface area contributed by atoms with Gasteiger partial charge in [-0.1, -0.05) is 28.9 Å². The molecule has 0 saturated carbocycles. The van der Waals surface area contributed by atoms with Crippen LogP contribution in [0.3, 0.4) is 0 Å². The van der Waals surface area contributed by atoms with Crippen molar-refractivity contribution in [3.63, 3.8) is 0 Å². The van der Waals surface area contributed by atoms with Crippen molar-refractivity contribution in [2.24, 2.45) is 0 Å². The number of hydrogen-bond acceptors (Lipinski definition) is 3. The first-order valence-electron chi connectivity index (χ1n) is 5.76. The van der Waals surface area contributed by atoms with Crippen molar-refractivity contribution >= 4 is 11.6 Å². The molecule has 1 N–H and O–H groups in total. The van der Waals surface area contributed by atoms with Crippen LogP contribution in [0.2, 0.25) is 5.02 Å². The summed E-state index contributed by atoms with van der Waals surface area (Å²) in [5.41, 5.74) is 2.19. The van der Waals surface area contributed by atoms with Crippen LogP contribution in [0.1, 0.15) is 18.1 Å². The number of nitrogens with zero attached hydrogens (tertiary/aromatic N) is 1. The summed E-state index contributed by atoms with van der Waals surface area (Å²) in [4.78, 5) is 0. The number of halogens is 1. The van der Waals surface area contributed by atoms with Crippen LogP contribution in [0.25, 0.3) is 11.1 Å². The molecule has 0 spiro atoms. The highest BCUT2D eigenvalue weighted by atomic mass is 35.5. The van der Waals surface area contributed by atoms with Crippen LogP contribution in [0, 0.1) is 0 Å². The summed E-state index contributed by atoms with van der Waals surface area (Å²) in [5.74, 6) is 1.42. The SMILES string of the molecule is Clc1ccc(-c2cnoc2C2CCNC2)cc1. The van der Waals surface area contributed by atoms with E-state index in [1.165, 1.54) is 0 Å². The molecule has 1 atom stereocenters. The van der Waals surface area contributed by atoms with Gasteiger partial charge in [0, 0.05) is 23.0 Å². The Kier molecular flexibility index (Phi) is 2.87. The quantitative estimate of drug-likeness (QED) is 0.888. The van der Waals surface area contributed by atoms with Crippen LogP contribution in [0.15, 0.2) is 35.0 Å². The van der Waals surface area contributed by atoms with Gasteiger partial charge in [-0.05, 0) is 30.7 Å². The van der Waals surface area contributed by atoms with Crippen molar-refractivity contribution in [3.05, 3.63) is 41.2 Å². The maximum atomic E-state index is 5.89.